The van der Waals surface area contributed by atoms with E-state index in [0.717, 1.165) is 12.2 Å². The standard InChI is InChI=1S/C13H17FN4/c1-3-16-13(8-10-5-7-18(2)17-10)11-4-6-15-9-12(11)14/h4-7,9,13,16H,3,8H2,1-2H3. The third kappa shape index (κ3) is 2.92. The quantitative estimate of drug-likeness (QED) is 0.878. The summed E-state index contributed by atoms with van der Waals surface area (Å²) in [6.07, 6.45) is 5.41. The third-order valence-corrected chi connectivity index (χ3v) is 2.81. The van der Waals surface area contributed by atoms with Gasteiger partial charge in [0, 0.05) is 37.5 Å². The molecule has 0 amide bonds. The van der Waals surface area contributed by atoms with Gasteiger partial charge in [-0.15, -0.1) is 0 Å². The van der Waals surface area contributed by atoms with Crippen molar-refractivity contribution in [3.05, 3.63) is 47.8 Å². The second kappa shape index (κ2) is 5.73. The van der Waals surface area contributed by atoms with Crippen LogP contribution in [0.2, 0.25) is 0 Å². The fourth-order valence-electron chi connectivity index (χ4n) is 1.99. The van der Waals surface area contributed by atoms with Gasteiger partial charge < -0.3 is 5.32 Å². The van der Waals surface area contributed by atoms with Gasteiger partial charge in [0.05, 0.1) is 11.9 Å². The van der Waals surface area contributed by atoms with E-state index in [-0.39, 0.29) is 11.9 Å². The van der Waals surface area contributed by atoms with E-state index in [4.69, 9.17) is 0 Å². The molecule has 0 radical (unpaired) electrons. The van der Waals surface area contributed by atoms with Crippen LogP contribution >= 0.6 is 0 Å². The highest BCUT2D eigenvalue weighted by molar-refractivity contribution is 5.19. The lowest BCUT2D eigenvalue weighted by atomic mass is 10.0. The van der Waals surface area contributed by atoms with Crippen LogP contribution in [0.1, 0.15) is 24.2 Å². The molecular weight excluding hydrogens is 231 g/mol. The second-order valence-corrected chi connectivity index (χ2v) is 4.19. The summed E-state index contributed by atoms with van der Waals surface area (Å²) in [5.74, 6) is -0.278. The Hall–Kier alpha value is -1.75. The van der Waals surface area contributed by atoms with Crippen molar-refractivity contribution in [1.82, 2.24) is 20.1 Å². The van der Waals surface area contributed by atoms with E-state index in [0.29, 0.717) is 12.0 Å². The van der Waals surface area contributed by atoms with E-state index in [2.05, 4.69) is 15.4 Å². The largest absolute Gasteiger partial charge is 0.310 e. The maximum absolute atomic E-state index is 13.7. The van der Waals surface area contributed by atoms with Crippen molar-refractivity contribution < 1.29 is 4.39 Å². The van der Waals surface area contributed by atoms with E-state index in [1.165, 1.54) is 6.20 Å². The maximum Gasteiger partial charge on any atom is 0.146 e. The molecule has 1 atom stereocenters. The van der Waals surface area contributed by atoms with Gasteiger partial charge in [-0.25, -0.2) is 4.39 Å². The molecule has 2 rings (SSSR count). The predicted molar refractivity (Wildman–Crippen MR) is 67.5 cm³/mol. The maximum atomic E-state index is 13.7. The zero-order valence-electron chi connectivity index (χ0n) is 10.6. The van der Waals surface area contributed by atoms with Crippen molar-refractivity contribution in [1.29, 1.82) is 0 Å². The molecule has 1 N–H and O–H groups in total. The Morgan fingerprint density at radius 2 is 2.28 bits per heavy atom. The summed E-state index contributed by atoms with van der Waals surface area (Å²) in [5, 5.41) is 7.61. The lowest BCUT2D eigenvalue weighted by Crippen LogP contribution is -2.24. The lowest BCUT2D eigenvalue weighted by Gasteiger charge is -2.17. The molecule has 4 nitrogen and oxygen atoms in total. The molecule has 0 aliphatic heterocycles. The Balaban J connectivity index is 2.20. The second-order valence-electron chi connectivity index (χ2n) is 4.19. The number of aromatic nitrogens is 3. The Kier molecular flexibility index (Phi) is 4.04. The first-order chi connectivity index (χ1) is 8.70. The Bertz CT molecular complexity index is 509. The molecule has 0 bridgehead atoms. The highest BCUT2D eigenvalue weighted by Crippen LogP contribution is 2.19. The van der Waals surface area contributed by atoms with Crippen LogP contribution in [0.4, 0.5) is 4.39 Å². The Morgan fingerprint density at radius 3 is 2.89 bits per heavy atom. The fourth-order valence-corrected chi connectivity index (χ4v) is 1.99. The van der Waals surface area contributed by atoms with Crippen LogP contribution in [0.25, 0.3) is 0 Å². The summed E-state index contributed by atoms with van der Waals surface area (Å²) in [6, 6.07) is 3.59. The van der Waals surface area contributed by atoms with Crippen LogP contribution in [0.15, 0.2) is 30.7 Å². The smallest absolute Gasteiger partial charge is 0.146 e. The number of rotatable bonds is 5. The molecule has 2 aromatic rings. The van der Waals surface area contributed by atoms with Gasteiger partial charge in [0.1, 0.15) is 5.82 Å². The normalized spacial score (nSPS) is 12.6. The van der Waals surface area contributed by atoms with E-state index in [1.807, 2.05) is 26.2 Å². The van der Waals surface area contributed by atoms with Crippen molar-refractivity contribution in [2.75, 3.05) is 6.54 Å². The molecule has 18 heavy (non-hydrogen) atoms. The summed E-state index contributed by atoms with van der Waals surface area (Å²) < 4.78 is 15.5. The van der Waals surface area contributed by atoms with E-state index in [9.17, 15) is 4.39 Å². The summed E-state index contributed by atoms with van der Waals surface area (Å²) in [6.45, 7) is 2.78. The zero-order valence-corrected chi connectivity index (χ0v) is 10.6. The molecule has 0 aliphatic carbocycles. The third-order valence-electron chi connectivity index (χ3n) is 2.81. The first-order valence-electron chi connectivity index (χ1n) is 6.02. The molecule has 0 fully saturated rings. The lowest BCUT2D eigenvalue weighted by molar-refractivity contribution is 0.501. The topological polar surface area (TPSA) is 42.7 Å². The van der Waals surface area contributed by atoms with Gasteiger partial charge in [-0.2, -0.15) is 5.10 Å². The number of hydrogen-bond donors (Lipinski definition) is 1. The Labute approximate surface area is 106 Å². The van der Waals surface area contributed by atoms with Gasteiger partial charge in [-0.3, -0.25) is 9.67 Å². The van der Waals surface area contributed by atoms with Gasteiger partial charge in [0.2, 0.25) is 0 Å². The van der Waals surface area contributed by atoms with Crippen LogP contribution < -0.4 is 5.32 Å². The van der Waals surface area contributed by atoms with Gasteiger partial charge in [-0.1, -0.05) is 6.92 Å². The molecule has 96 valence electrons. The Morgan fingerprint density at radius 1 is 1.44 bits per heavy atom. The van der Waals surface area contributed by atoms with Crippen LogP contribution in [0, 0.1) is 5.82 Å². The molecule has 0 aromatic carbocycles. The number of likely N-dealkylation sites (N-methyl/N-ethyl adjacent to an activating group) is 1. The minimum atomic E-state index is -0.278. The molecule has 0 saturated heterocycles. The van der Waals surface area contributed by atoms with Gasteiger partial charge >= 0.3 is 0 Å². The first-order valence-corrected chi connectivity index (χ1v) is 6.02. The fraction of sp³-hybridized carbons (Fsp3) is 0.385. The van der Waals surface area contributed by atoms with Crippen LogP contribution in [-0.4, -0.2) is 21.3 Å². The first kappa shape index (κ1) is 12.7. The highest BCUT2D eigenvalue weighted by atomic mass is 19.1. The van der Waals surface area contributed by atoms with Crippen molar-refractivity contribution in [2.24, 2.45) is 7.05 Å². The SMILES string of the molecule is CCNC(Cc1ccn(C)n1)c1ccncc1F. The van der Waals surface area contributed by atoms with Crippen molar-refractivity contribution in [3.63, 3.8) is 0 Å². The minimum Gasteiger partial charge on any atom is -0.310 e. The monoisotopic (exact) mass is 248 g/mol. The minimum absolute atomic E-state index is 0.0760. The number of pyridine rings is 1. The molecule has 5 heteroatoms. The van der Waals surface area contributed by atoms with Crippen LogP contribution in [-0.2, 0) is 13.5 Å². The summed E-state index contributed by atoms with van der Waals surface area (Å²) in [7, 11) is 1.87. The zero-order chi connectivity index (χ0) is 13.0. The molecule has 0 spiro atoms. The number of nitrogens with zero attached hydrogens (tertiary/aromatic N) is 3. The van der Waals surface area contributed by atoms with E-state index >= 15 is 0 Å². The van der Waals surface area contributed by atoms with Crippen molar-refractivity contribution >= 4 is 0 Å². The van der Waals surface area contributed by atoms with Gasteiger partial charge in [-0.05, 0) is 18.7 Å². The predicted octanol–water partition coefficient (Wildman–Crippen LogP) is 1.85. The number of hydrogen-bond acceptors (Lipinski definition) is 3. The molecule has 2 heterocycles. The summed E-state index contributed by atoms with van der Waals surface area (Å²) in [4.78, 5) is 3.78. The molecular formula is C13H17FN4. The van der Waals surface area contributed by atoms with Gasteiger partial charge in [0.15, 0.2) is 0 Å². The summed E-state index contributed by atoms with van der Waals surface area (Å²) in [5.41, 5.74) is 1.58. The molecule has 1 unspecified atom stereocenters. The average Bonchev–Trinajstić information content (AvgIpc) is 2.75. The average molecular weight is 248 g/mol. The van der Waals surface area contributed by atoms with Crippen molar-refractivity contribution in [2.45, 2.75) is 19.4 Å². The number of aryl methyl sites for hydroxylation is 1. The van der Waals surface area contributed by atoms with Gasteiger partial charge in [0.25, 0.3) is 0 Å². The molecule has 2 aromatic heterocycles. The molecule has 0 aliphatic rings. The highest BCUT2D eigenvalue weighted by Gasteiger charge is 2.16. The van der Waals surface area contributed by atoms with Crippen LogP contribution in [0.3, 0.4) is 0 Å². The van der Waals surface area contributed by atoms with Crippen molar-refractivity contribution in [3.8, 4) is 0 Å². The van der Waals surface area contributed by atoms with E-state index in [1.54, 1.807) is 16.9 Å². The summed E-state index contributed by atoms with van der Waals surface area (Å²) >= 11 is 0. The number of halogens is 1. The van der Waals surface area contributed by atoms with E-state index < -0.39 is 0 Å². The van der Waals surface area contributed by atoms with Crippen LogP contribution in [0.5, 0.6) is 0 Å². The molecule has 0 saturated carbocycles. The number of nitrogens with one attached hydrogen (secondary N) is 1.